The lowest BCUT2D eigenvalue weighted by Crippen LogP contribution is -2.48. The van der Waals surface area contributed by atoms with E-state index in [2.05, 4.69) is 15.6 Å². The van der Waals surface area contributed by atoms with Gasteiger partial charge in [-0.05, 0) is 37.5 Å². The standard InChI is InChI=1S/C23H22ClN3O2S/c1-14-20(30-23(25-14)16-8-5-9-17(24)13-16)22(29)27-19(21(28)26-18-10-11-18)12-15-6-3-2-4-7-15/h2-9,13,18-19H,10-12H2,1H3,(H,26,28)(H,27,29). The summed E-state index contributed by atoms with van der Waals surface area (Å²) in [5, 5.41) is 7.27. The number of aryl methyl sites for hydroxylation is 1. The molecule has 0 aliphatic heterocycles. The first kappa shape index (κ1) is 20.6. The van der Waals surface area contributed by atoms with Gasteiger partial charge in [0.2, 0.25) is 5.91 Å². The molecule has 154 valence electrons. The summed E-state index contributed by atoms with van der Waals surface area (Å²) >= 11 is 7.39. The zero-order valence-electron chi connectivity index (χ0n) is 16.5. The summed E-state index contributed by atoms with van der Waals surface area (Å²) in [5.41, 5.74) is 2.49. The maximum Gasteiger partial charge on any atom is 0.263 e. The number of aromatic nitrogens is 1. The van der Waals surface area contributed by atoms with E-state index in [-0.39, 0.29) is 17.9 Å². The number of halogens is 1. The van der Waals surface area contributed by atoms with E-state index in [9.17, 15) is 9.59 Å². The summed E-state index contributed by atoms with van der Waals surface area (Å²) in [6.07, 6.45) is 2.42. The van der Waals surface area contributed by atoms with Crippen LogP contribution in [0.4, 0.5) is 0 Å². The van der Waals surface area contributed by atoms with E-state index in [1.54, 1.807) is 13.0 Å². The van der Waals surface area contributed by atoms with E-state index in [0.29, 0.717) is 22.0 Å². The van der Waals surface area contributed by atoms with Crippen molar-refractivity contribution in [2.24, 2.45) is 0 Å². The summed E-state index contributed by atoms with van der Waals surface area (Å²) in [7, 11) is 0. The Kier molecular flexibility index (Phi) is 6.16. The molecule has 0 bridgehead atoms. The molecule has 0 radical (unpaired) electrons. The summed E-state index contributed by atoms with van der Waals surface area (Å²) in [6, 6.07) is 16.7. The Labute approximate surface area is 184 Å². The first-order valence-electron chi connectivity index (χ1n) is 9.88. The van der Waals surface area contributed by atoms with Gasteiger partial charge < -0.3 is 10.6 Å². The van der Waals surface area contributed by atoms with Gasteiger partial charge in [0.05, 0.1) is 5.69 Å². The topological polar surface area (TPSA) is 71.1 Å². The van der Waals surface area contributed by atoms with E-state index < -0.39 is 6.04 Å². The van der Waals surface area contributed by atoms with Gasteiger partial charge in [-0.15, -0.1) is 11.3 Å². The minimum Gasteiger partial charge on any atom is -0.352 e. The molecule has 1 aromatic heterocycles. The molecule has 1 heterocycles. The largest absolute Gasteiger partial charge is 0.352 e. The smallest absolute Gasteiger partial charge is 0.263 e. The van der Waals surface area contributed by atoms with Gasteiger partial charge in [0.15, 0.2) is 0 Å². The SMILES string of the molecule is Cc1nc(-c2cccc(Cl)c2)sc1C(=O)NC(Cc1ccccc1)C(=O)NC1CC1. The van der Waals surface area contributed by atoms with Crippen molar-refractivity contribution in [3.8, 4) is 10.6 Å². The molecule has 2 aromatic carbocycles. The lowest BCUT2D eigenvalue weighted by molar-refractivity contribution is -0.123. The first-order chi connectivity index (χ1) is 14.5. The van der Waals surface area contributed by atoms with E-state index in [1.807, 2.05) is 48.5 Å². The number of nitrogens with one attached hydrogen (secondary N) is 2. The van der Waals surface area contributed by atoms with Gasteiger partial charge in [-0.1, -0.05) is 54.1 Å². The summed E-state index contributed by atoms with van der Waals surface area (Å²) in [4.78, 5) is 30.8. The molecule has 4 rings (SSSR count). The molecule has 2 N–H and O–H groups in total. The molecule has 30 heavy (non-hydrogen) atoms. The number of carbonyl (C=O) groups excluding carboxylic acids is 2. The molecular weight excluding hydrogens is 418 g/mol. The van der Waals surface area contributed by atoms with Crippen molar-refractivity contribution in [2.45, 2.75) is 38.3 Å². The van der Waals surface area contributed by atoms with Gasteiger partial charge in [-0.3, -0.25) is 9.59 Å². The fraction of sp³-hybridized carbons (Fsp3) is 0.261. The van der Waals surface area contributed by atoms with Crippen molar-refractivity contribution in [1.82, 2.24) is 15.6 Å². The maximum absolute atomic E-state index is 13.0. The Morgan fingerprint density at radius 1 is 1.17 bits per heavy atom. The first-order valence-corrected chi connectivity index (χ1v) is 11.1. The van der Waals surface area contributed by atoms with Crippen LogP contribution in [-0.2, 0) is 11.2 Å². The molecule has 2 amide bonds. The highest BCUT2D eigenvalue weighted by atomic mass is 35.5. The molecule has 1 unspecified atom stereocenters. The summed E-state index contributed by atoms with van der Waals surface area (Å²) in [5.74, 6) is -0.433. The molecule has 7 heteroatoms. The molecule has 3 aromatic rings. The third-order valence-corrected chi connectivity index (χ3v) is 6.34. The monoisotopic (exact) mass is 439 g/mol. The molecule has 1 aliphatic rings. The molecule has 0 saturated heterocycles. The van der Waals surface area contributed by atoms with Crippen LogP contribution in [0.5, 0.6) is 0 Å². The Balaban J connectivity index is 1.53. The Bertz CT molecular complexity index is 1060. The number of thiazole rings is 1. The molecule has 1 atom stereocenters. The molecule has 1 saturated carbocycles. The van der Waals surface area contributed by atoms with E-state index in [1.165, 1.54) is 11.3 Å². The van der Waals surface area contributed by atoms with Crippen LogP contribution in [0.3, 0.4) is 0 Å². The average molecular weight is 440 g/mol. The average Bonchev–Trinajstić information content (AvgIpc) is 3.46. The van der Waals surface area contributed by atoms with Crippen LogP contribution in [0.25, 0.3) is 10.6 Å². The van der Waals surface area contributed by atoms with Crippen LogP contribution >= 0.6 is 22.9 Å². The zero-order chi connectivity index (χ0) is 21.1. The van der Waals surface area contributed by atoms with Crippen LogP contribution in [-0.4, -0.2) is 28.9 Å². The number of carbonyl (C=O) groups is 2. The number of hydrogen-bond donors (Lipinski definition) is 2. The van der Waals surface area contributed by atoms with Gasteiger partial charge >= 0.3 is 0 Å². The highest BCUT2D eigenvalue weighted by Gasteiger charge is 2.29. The predicted molar refractivity (Wildman–Crippen MR) is 120 cm³/mol. The Morgan fingerprint density at radius 3 is 2.63 bits per heavy atom. The van der Waals surface area contributed by atoms with Crippen molar-refractivity contribution in [2.75, 3.05) is 0 Å². The Morgan fingerprint density at radius 2 is 1.93 bits per heavy atom. The van der Waals surface area contributed by atoms with Crippen molar-refractivity contribution in [1.29, 1.82) is 0 Å². The highest BCUT2D eigenvalue weighted by molar-refractivity contribution is 7.17. The van der Waals surface area contributed by atoms with Crippen LogP contribution < -0.4 is 10.6 Å². The maximum atomic E-state index is 13.0. The van der Waals surface area contributed by atoms with E-state index in [4.69, 9.17) is 11.6 Å². The second kappa shape index (κ2) is 8.98. The Hall–Kier alpha value is -2.70. The van der Waals surface area contributed by atoms with Crippen molar-refractivity contribution >= 4 is 34.8 Å². The van der Waals surface area contributed by atoms with Crippen LogP contribution in [0, 0.1) is 6.92 Å². The number of benzene rings is 2. The molecular formula is C23H22ClN3O2S. The van der Waals surface area contributed by atoms with Crippen molar-refractivity contribution in [3.63, 3.8) is 0 Å². The predicted octanol–water partition coefficient (Wildman–Crippen LogP) is 4.39. The molecule has 5 nitrogen and oxygen atoms in total. The van der Waals surface area contributed by atoms with Gasteiger partial charge in [0.1, 0.15) is 15.9 Å². The van der Waals surface area contributed by atoms with Gasteiger partial charge in [0.25, 0.3) is 5.91 Å². The normalized spacial score (nSPS) is 14.2. The molecule has 1 aliphatic carbocycles. The van der Waals surface area contributed by atoms with Gasteiger partial charge in [-0.25, -0.2) is 4.98 Å². The second-order valence-corrected chi connectivity index (χ2v) is 8.88. The van der Waals surface area contributed by atoms with E-state index in [0.717, 1.165) is 29.0 Å². The number of nitrogens with zero attached hydrogens (tertiary/aromatic N) is 1. The van der Waals surface area contributed by atoms with E-state index >= 15 is 0 Å². The zero-order valence-corrected chi connectivity index (χ0v) is 18.1. The third kappa shape index (κ3) is 5.07. The number of rotatable bonds is 7. The molecule has 1 fully saturated rings. The quantitative estimate of drug-likeness (QED) is 0.573. The summed E-state index contributed by atoms with van der Waals surface area (Å²) in [6.45, 7) is 1.80. The minimum atomic E-state index is -0.642. The van der Waals surface area contributed by atoms with Crippen LogP contribution in [0.15, 0.2) is 54.6 Å². The summed E-state index contributed by atoms with van der Waals surface area (Å²) < 4.78 is 0. The van der Waals surface area contributed by atoms with Crippen molar-refractivity contribution in [3.05, 3.63) is 75.8 Å². The second-order valence-electron chi connectivity index (χ2n) is 7.44. The lowest BCUT2D eigenvalue weighted by atomic mass is 10.0. The fourth-order valence-electron chi connectivity index (χ4n) is 3.16. The number of hydrogen-bond acceptors (Lipinski definition) is 4. The van der Waals surface area contributed by atoms with Gasteiger partial charge in [-0.2, -0.15) is 0 Å². The van der Waals surface area contributed by atoms with Crippen LogP contribution in [0.2, 0.25) is 5.02 Å². The lowest BCUT2D eigenvalue weighted by Gasteiger charge is -2.18. The number of amides is 2. The minimum absolute atomic E-state index is 0.146. The highest BCUT2D eigenvalue weighted by Crippen LogP contribution is 2.29. The van der Waals surface area contributed by atoms with Crippen LogP contribution in [0.1, 0.15) is 33.8 Å². The third-order valence-electron chi connectivity index (χ3n) is 4.90. The van der Waals surface area contributed by atoms with Gasteiger partial charge in [0, 0.05) is 23.0 Å². The molecule has 0 spiro atoms. The fourth-order valence-corrected chi connectivity index (χ4v) is 4.32. The van der Waals surface area contributed by atoms with Crippen molar-refractivity contribution < 1.29 is 9.59 Å².